The average Bonchev–Trinajstić information content (AvgIpc) is 3.28. The molecule has 0 amide bonds. The lowest BCUT2D eigenvalue weighted by atomic mass is 9.88. The lowest BCUT2D eigenvalue weighted by Gasteiger charge is -2.18. The van der Waals surface area contributed by atoms with E-state index in [9.17, 15) is 4.39 Å². The fraction of sp³-hybridized carbons (Fsp3) is 0.227. The molecule has 0 N–H and O–H groups in total. The first-order valence-corrected chi connectivity index (χ1v) is 9.76. The number of rotatable bonds is 2. The summed E-state index contributed by atoms with van der Waals surface area (Å²) in [5, 5.41) is 1.23. The van der Waals surface area contributed by atoms with Crippen LogP contribution >= 0.6 is 23.7 Å². The maximum Gasteiger partial charge on any atom is 0.134 e. The minimum absolute atomic E-state index is 0. The number of aromatic nitrogens is 1. The fourth-order valence-corrected chi connectivity index (χ4v) is 5.25. The van der Waals surface area contributed by atoms with Crippen molar-refractivity contribution in [2.24, 2.45) is 5.92 Å². The van der Waals surface area contributed by atoms with E-state index >= 15 is 0 Å². The molecule has 5 rings (SSSR count). The molecule has 3 heterocycles. The maximum atomic E-state index is 13.3. The molecule has 1 unspecified atom stereocenters. The Morgan fingerprint density at radius 1 is 1.19 bits per heavy atom. The van der Waals surface area contributed by atoms with E-state index in [2.05, 4.69) is 13.0 Å². The molecule has 1 aliphatic carbocycles. The van der Waals surface area contributed by atoms with E-state index < -0.39 is 0 Å². The van der Waals surface area contributed by atoms with Crippen molar-refractivity contribution in [2.75, 3.05) is 0 Å². The number of furan rings is 1. The number of hydrogen-bond donors (Lipinski definition) is 0. The van der Waals surface area contributed by atoms with Crippen molar-refractivity contribution in [3.05, 3.63) is 65.0 Å². The molecule has 27 heavy (non-hydrogen) atoms. The van der Waals surface area contributed by atoms with Gasteiger partial charge in [0, 0.05) is 21.4 Å². The van der Waals surface area contributed by atoms with Crippen molar-refractivity contribution in [2.45, 2.75) is 26.2 Å². The van der Waals surface area contributed by atoms with Gasteiger partial charge in [-0.2, -0.15) is 0 Å². The van der Waals surface area contributed by atoms with Crippen LogP contribution in [0.2, 0.25) is 0 Å². The number of thiophene rings is 1. The Bertz CT molecular complexity index is 1090. The predicted octanol–water partition coefficient (Wildman–Crippen LogP) is 6.91. The first-order chi connectivity index (χ1) is 12.7. The quantitative estimate of drug-likeness (QED) is 0.366. The molecule has 0 saturated heterocycles. The van der Waals surface area contributed by atoms with Gasteiger partial charge in [-0.3, -0.25) is 0 Å². The molecule has 1 aromatic carbocycles. The molecule has 0 fully saturated rings. The zero-order chi connectivity index (χ0) is 17.7. The summed E-state index contributed by atoms with van der Waals surface area (Å²) >= 11 is 1.80. The van der Waals surface area contributed by atoms with Crippen LogP contribution in [0.25, 0.3) is 32.8 Å². The molecule has 0 spiro atoms. The topological polar surface area (TPSA) is 26.0 Å². The molecule has 0 radical (unpaired) electrons. The summed E-state index contributed by atoms with van der Waals surface area (Å²) in [5.41, 5.74) is 4.30. The highest BCUT2D eigenvalue weighted by Crippen LogP contribution is 2.43. The number of aryl methyl sites for hydroxylation is 1. The van der Waals surface area contributed by atoms with E-state index in [1.54, 1.807) is 29.7 Å². The van der Waals surface area contributed by atoms with Crippen LogP contribution in [-0.4, -0.2) is 4.98 Å². The number of fused-ring (bicyclic) bond motifs is 3. The highest BCUT2D eigenvalue weighted by Gasteiger charge is 2.24. The SMILES string of the molecule is CC1CCc2c(sc3nc(-c4ccc(F)cc4)cc(-c4ccco4)c23)C1.Cl. The summed E-state index contributed by atoms with van der Waals surface area (Å²) < 4.78 is 19.1. The van der Waals surface area contributed by atoms with Gasteiger partial charge in [-0.15, -0.1) is 23.7 Å². The minimum Gasteiger partial charge on any atom is -0.464 e. The number of benzene rings is 1. The third kappa shape index (κ3) is 3.17. The van der Waals surface area contributed by atoms with Gasteiger partial charge in [0.05, 0.1) is 12.0 Å². The maximum absolute atomic E-state index is 13.3. The van der Waals surface area contributed by atoms with Gasteiger partial charge in [-0.05, 0) is 73.2 Å². The molecule has 0 bridgehead atoms. The van der Waals surface area contributed by atoms with Crippen LogP contribution in [0.15, 0.2) is 53.1 Å². The Balaban J connectivity index is 0.00000180. The summed E-state index contributed by atoms with van der Waals surface area (Å²) in [6.07, 6.45) is 5.15. The fourth-order valence-electron chi connectivity index (χ4n) is 3.84. The van der Waals surface area contributed by atoms with Gasteiger partial charge in [-0.1, -0.05) is 6.92 Å². The molecule has 3 aromatic heterocycles. The molecular weight excluding hydrogens is 381 g/mol. The van der Waals surface area contributed by atoms with E-state index in [1.807, 2.05) is 12.1 Å². The van der Waals surface area contributed by atoms with Gasteiger partial charge in [0.2, 0.25) is 0 Å². The van der Waals surface area contributed by atoms with Crippen LogP contribution in [0.3, 0.4) is 0 Å². The highest BCUT2D eigenvalue weighted by molar-refractivity contribution is 7.19. The van der Waals surface area contributed by atoms with Gasteiger partial charge >= 0.3 is 0 Å². The van der Waals surface area contributed by atoms with Crippen LogP contribution < -0.4 is 0 Å². The summed E-state index contributed by atoms with van der Waals surface area (Å²) in [5.74, 6) is 1.35. The third-order valence-electron chi connectivity index (χ3n) is 5.19. The Hall–Kier alpha value is -2.17. The van der Waals surface area contributed by atoms with Crippen LogP contribution in [-0.2, 0) is 12.8 Å². The van der Waals surface area contributed by atoms with Gasteiger partial charge < -0.3 is 4.42 Å². The standard InChI is InChI=1S/C22H18FNOS.ClH/c1-13-4-9-16-20(11-13)26-22-21(16)17(19-3-2-10-25-19)12-18(24-22)14-5-7-15(23)8-6-14;/h2-3,5-8,10,12-13H,4,9,11H2,1H3;1H. The number of nitrogens with zero attached hydrogens (tertiary/aromatic N) is 1. The Morgan fingerprint density at radius 3 is 2.74 bits per heavy atom. The molecular formula is C22H19ClFNOS. The second-order valence-electron chi connectivity index (χ2n) is 7.07. The van der Waals surface area contributed by atoms with Crippen LogP contribution in [0.4, 0.5) is 4.39 Å². The summed E-state index contributed by atoms with van der Waals surface area (Å²) in [7, 11) is 0. The molecule has 138 valence electrons. The van der Waals surface area contributed by atoms with Crippen molar-refractivity contribution in [1.82, 2.24) is 4.98 Å². The highest BCUT2D eigenvalue weighted by atomic mass is 35.5. The van der Waals surface area contributed by atoms with Crippen molar-refractivity contribution in [1.29, 1.82) is 0 Å². The average molecular weight is 400 g/mol. The second-order valence-corrected chi connectivity index (χ2v) is 8.15. The van der Waals surface area contributed by atoms with E-state index in [1.165, 1.54) is 34.4 Å². The molecule has 0 saturated carbocycles. The van der Waals surface area contributed by atoms with Crippen LogP contribution in [0, 0.1) is 11.7 Å². The number of hydrogen-bond acceptors (Lipinski definition) is 3. The van der Waals surface area contributed by atoms with Crippen molar-refractivity contribution < 1.29 is 8.81 Å². The normalized spacial score (nSPS) is 16.1. The van der Waals surface area contributed by atoms with Crippen LogP contribution in [0.5, 0.6) is 0 Å². The number of pyridine rings is 1. The minimum atomic E-state index is -0.235. The second kappa shape index (κ2) is 7.10. The van der Waals surface area contributed by atoms with E-state index in [-0.39, 0.29) is 18.2 Å². The largest absolute Gasteiger partial charge is 0.464 e. The van der Waals surface area contributed by atoms with Gasteiger partial charge in [-0.25, -0.2) is 9.37 Å². The Labute approximate surface area is 167 Å². The lowest BCUT2D eigenvalue weighted by molar-refractivity contribution is 0.509. The first-order valence-electron chi connectivity index (χ1n) is 8.94. The van der Waals surface area contributed by atoms with E-state index in [0.717, 1.165) is 46.2 Å². The zero-order valence-corrected chi connectivity index (χ0v) is 16.5. The molecule has 4 aromatic rings. The molecule has 0 aliphatic heterocycles. The molecule has 1 atom stereocenters. The predicted molar refractivity (Wildman–Crippen MR) is 111 cm³/mol. The zero-order valence-electron chi connectivity index (χ0n) is 14.9. The Kier molecular flexibility index (Phi) is 4.79. The van der Waals surface area contributed by atoms with Gasteiger partial charge in [0.15, 0.2) is 0 Å². The molecule has 1 aliphatic rings. The van der Waals surface area contributed by atoms with Crippen LogP contribution in [0.1, 0.15) is 23.8 Å². The number of halogens is 2. The van der Waals surface area contributed by atoms with Crippen molar-refractivity contribution >= 4 is 34.0 Å². The lowest BCUT2D eigenvalue weighted by Crippen LogP contribution is -2.08. The smallest absolute Gasteiger partial charge is 0.134 e. The van der Waals surface area contributed by atoms with E-state index in [4.69, 9.17) is 9.40 Å². The summed E-state index contributed by atoms with van der Waals surface area (Å²) in [4.78, 5) is 7.44. The van der Waals surface area contributed by atoms with Crippen molar-refractivity contribution in [3.63, 3.8) is 0 Å². The molecule has 2 nitrogen and oxygen atoms in total. The van der Waals surface area contributed by atoms with Gasteiger partial charge in [0.25, 0.3) is 0 Å². The van der Waals surface area contributed by atoms with E-state index in [0.29, 0.717) is 0 Å². The monoisotopic (exact) mass is 399 g/mol. The summed E-state index contributed by atoms with van der Waals surface area (Å²) in [6.45, 7) is 2.32. The van der Waals surface area contributed by atoms with Crippen molar-refractivity contribution in [3.8, 4) is 22.6 Å². The Morgan fingerprint density at radius 2 is 2.00 bits per heavy atom. The molecule has 5 heteroatoms. The van der Waals surface area contributed by atoms with Gasteiger partial charge in [0.1, 0.15) is 16.4 Å². The third-order valence-corrected chi connectivity index (χ3v) is 6.34. The first kappa shape index (κ1) is 18.2. The summed E-state index contributed by atoms with van der Waals surface area (Å²) in [6, 6.07) is 12.5.